The highest BCUT2D eigenvalue weighted by molar-refractivity contribution is 5.86. The normalized spacial score (nSPS) is 13.7. The summed E-state index contributed by atoms with van der Waals surface area (Å²) in [6.45, 7) is 28.2. The van der Waals surface area contributed by atoms with E-state index in [-0.39, 0.29) is 16.2 Å². The van der Waals surface area contributed by atoms with Gasteiger partial charge < -0.3 is 9.80 Å². The zero-order valence-corrected chi connectivity index (χ0v) is 52.7. The number of unbranched alkanes of at least 4 members (excludes halogenated alkanes) is 10. The molecule has 8 rings (SSSR count). The van der Waals surface area contributed by atoms with Gasteiger partial charge in [0.15, 0.2) is 0 Å². The van der Waals surface area contributed by atoms with E-state index in [1.807, 2.05) is 0 Å². The van der Waals surface area contributed by atoms with E-state index in [1.54, 1.807) is 11.1 Å². The summed E-state index contributed by atoms with van der Waals surface area (Å²) in [5.74, 6) is 1.03. The van der Waals surface area contributed by atoms with Crippen molar-refractivity contribution in [1.82, 2.24) is 0 Å². The maximum absolute atomic E-state index is 2.70. The smallest absolute Gasteiger partial charge is 0.0463 e. The molecular formula is C79H104N2. The number of hydrogen-bond donors (Lipinski definition) is 0. The van der Waals surface area contributed by atoms with E-state index in [1.165, 1.54) is 146 Å². The van der Waals surface area contributed by atoms with Gasteiger partial charge in [0.25, 0.3) is 0 Å². The van der Waals surface area contributed by atoms with Crippen molar-refractivity contribution in [3.05, 3.63) is 191 Å². The van der Waals surface area contributed by atoms with Gasteiger partial charge in [-0.25, -0.2) is 0 Å². The minimum absolute atomic E-state index is 0.0144. The Morgan fingerprint density at radius 3 is 1.07 bits per heavy atom. The van der Waals surface area contributed by atoms with E-state index in [2.05, 4.69) is 251 Å². The van der Waals surface area contributed by atoms with Gasteiger partial charge >= 0.3 is 0 Å². The van der Waals surface area contributed by atoms with Crippen LogP contribution in [0.5, 0.6) is 0 Å². The Labute approximate surface area is 494 Å². The lowest BCUT2D eigenvalue weighted by molar-refractivity contribution is 0.395. The molecule has 2 heteroatoms. The molecule has 0 fully saturated rings. The lowest BCUT2D eigenvalue weighted by atomic mass is 9.68. The predicted octanol–water partition coefficient (Wildman–Crippen LogP) is 25.2. The maximum atomic E-state index is 2.70. The highest BCUT2D eigenvalue weighted by Gasteiger charge is 2.43. The fourth-order valence-corrected chi connectivity index (χ4v) is 13.3. The van der Waals surface area contributed by atoms with Crippen LogP contribution in [0.25, 0.3) is 22.3 Å². The molecule has 0 heterocycles. The van der Waals surface area contributed by atoms with Gasteiger partial charge in [-0.2, -0.15) is 0 Å². The minimum atomic E-state index is 0.0144. The summed E-state index contributed by atoms with van der Waals surface area (Å²) in [6.07, 6.45) is 25.1. The van der Waals surface area contributed by atoms with E-state index < -0.39 is 0 Å². The average Bonchev–Trinajstić information content (AvgIpc) is 3.92. The fourth-order valence-electron chi connectivity index (χ4n) is 13.3. The highest BCUT2D eigenvalue weighted by Crippen LogP contribution is 2.56. The summed E-state index contributed by atoms with van der Waals surface area (Å²) in [4.78, 5) is 4.88. The Balaban J connectivity index is 1.18. The molecule has 2 unspecified atom stereocenters. The fraction of sp³-hybridized carbons (Fsp3) is 0.468. The molecule has 81 heavy (non-hydrogen) atoms. The van der Waals surface area contributed by atoms with Crippen molar-refractivity contribution in [2.75, 3.05) is 9.80 Å². The Kier molecular flexibility index (Phi) is 21.5. The van der Waals surface area contributed by atoms with Crippen LogP contribution in [0.3, 0.4) is 0 Å². The Bertz CT molecular complexity index is 2990. The molecule has 7 aromatic rings. The van der Waals surface area contributed by atoms with Gasteiger partial charge in [-0.3, -0.25) is 0 Å². The van der Waals surface area contributed by atoms with Crippen molar-refractivity contribution in [2.45, 2.75) is 240 Å². The van der Waals surface area contributed by atoms with Crippen LogP contribution in [0.1, 0.15) is 257 Å². The zero-order chi connectivity index (χ0) is 57.6. The second-order valence-electron chi connectivity index (χ2n) is 25.3. The second-order valence-corrected chi connectivity index (χ2v) is 25.3. The first kappa shape index (κ1) is 61.2. The van der Waals surface area contributed by atoms with Crippen molar-refractivity contribution in [3.63, 3.8) is 0 Å². The Morgan fingerprint density at radius 1 is 0.346 bits per heavy atom. The van der Waals surface area contributed by atoms with Crippen LogP contribution in [0, 0.1) is 0 Å². The molecule has 0 aliphatic heterocycles. The van der Waals surface area contributed by atoms with Crippen molar-refractivity contribution in [1.29, 1.82) is 0 Å². The molecule has 0 saturated carbocycles. The van der Waals surface area contributed by atoms with Gasteiger partial charge in [0, 0.05) is 39.5 Å². The van der Waals surface area contributed by atoms with Crippen LogP contribution in [0.2, 0.25) is 0 Å². The maximum Gasteiger partial charge on any atom is 0.0463 e. The van der Waals surface area contributed by atoms with Gasteiger partial charge in [0.2, 0.25) is 0 Å². The molecule has 0 spiro atoms. The zero-order valence-electron chi connectivity index (χ0n) is 52.7. The summed E-state index contributed by atoms with van der Waals surface area (Å²) in [5.41, 5.74) is 21.7. The van der Waals surface area contributed by atoms with Gasteiger partial charge in [-0.05, 0) is 209 Å². The lowest BCUT2D eigenvalue weighted by Gasteiger charge is -2.35. The van der Waals surface area contributed by atoms with Crippen LogP contribution in [-0.2, 0) is 16.2 Å². The molecule has 1 aliphatic rings. The quantitative estimate of drug-likeness (QED) is 0.0400. The number of anilines is 6. The van der Waals surface area contributed by atoms with Crippen molar-refractivity contribution < 1.29 is 0 Å². The molecule has 0 bridgehead atoms. The average molecular weight is 1080 g/mol. The Morgan fingerprint density at radius 2 is 0.667 bits per heavy atom. The first-order chi connectivity index (χ1) is 39.3. The third-order valence-electron chi connectivity index (χ3n) is 20.4. The topological polar surface area (TPSA) is 6.48 Å². The van der Waals surface area contributed by atoms with Crippen molar-refractivity contribution in [2.24, 2.45) is 0 Å². The monoisotopic (exact) mass is 1080 g/mol. The Hall–Kier alpha value is -5.86. The van der Waals surface area contributed by atoms with Crippen LogP contribution in [0.15, 0.2) is 158 Å². The summed E-state index contributed by atoms with van der Waals surface area (Å²) < 4.78 is 0. The van der Waals surface area contributed by atoms with Crippen molar-refractivity contribution in [3.8, 4) is 22.3 Å². The van der Waals surface area contributed by atoms with Crippen LogP contribution in [-0.4, -0.2) is 0 Å². The van der Waals surface area contributed by atoms with Gasteiger partial charge in [-0.15, -0.1) is 0 Å². The minimum Gasteiger partial charge on any atom is -0.311 e. The first-order valence-electron chi connectivity index (χ1n) is 32.8. The number of hydrogen-bond acceptors (Lipinski definition) is 2. The summed E-state index contributed by atoms with van der Waals surface area (Å²) >= 11 is 0. The molecule has 0 aromatic heterocycles. The van der Waals surface area contributed by atoms with E-state index in [9.17, 15) is 0 Å². The molecule has 0 saturated heterocycles. The molecule has 0 amide bonds. The van der Waals surface area contributed by atoms with E-state index in [4.69, 9.17) is 0 Å². The SMILES string of the molecule is CCCCCCCCC1(CCCCCCCC)c2cc(-c3ccc(N(c4ccc(C(C)CC)cc4)c4ccc(N(c5ccc(C(C)CC)cc5)c5ccc(C(C)(CC)CC)cc5)cc4)cc3)ccc2-c2ccc(C(C)(CC)CC)cc21. The van der Waals surface area contributed by atoms with Crippen LogP contribution in [0.4, 0.5) is 34.1 Å². The molecule has 0 N–H and O–H groups in total. The van der Waals surface area contributed by atoms with Crippen molar-refractivity contribution >= 4 is 34.1 Å². The number of rotatable bonds is 31. The third-order valence-corrected chi connectivity index (χ3v) is 20.4. The predicted molar refractivity (Wildman–Crippen MR) is 357 cm³/mol. The van der Waals surface area contributed by atoms with Gasteiger partial charge in [-0.1, -0.05) is 239 Å². The van der Waals surface area contributed by atoms with E-state index in [0.717, 1.165) is 61.3 Å². The number of benzene rings is 7. The number of nitrogens with zero attached hydrogens (tertiary/aromatic N) is 2. The summed E-state index contributed by atoms with van der Waals surface area (Å²) in [7, 11) is 0. The largest absolute Gasteiger partial charge is 0.311 e. The third kappa shape index (κ3) is 13.6. The van der Waals surface area contributed by atoms with Gasteiger partial charge in [0.05, 0.1) is 0 Å². The van der Waals surface area contributed by atoms with E-state index in [0.29, 0.717) is 11.8 Å². The van der Waals surface area contributed by atoms with Crippen LogP contribution >= 0.6 is 0 Å². The molecule has 2 nitrogen and oxygen atoms in total. The second kappa shape index (κ2) is 28.4. The molecule has 430 valence electrons. The van der Waals surface area contributed by atoms with Crippen LogP contribution < -0.4 is 9.80 Å². The standard InChI is InChI=1S/C79H104N2/c1-13-21-23-25-27-29-55-79(56-30-28-26-24-22-14-2)75-57-64(37-53-73(75)74-54-40-66(58-76(74)79)78(12,19-7)20-8)63-35-45-69(46-36-63)80(67-41-31-61(32-42-67)59(9)15-3)71-49-51-72(52-50-71)81(68-43-33-62(34-44-68)60(10)16-4)70-47-38-65(39-48-70)77(11,17-5)18-6/h31-54,57-60H,13-30,55-56H2,1-12H3. The molecule has 2 atom stereocenters. The number of fused-ring (bicyclic) bond motifs is 3. The molecule has 7 aromatic carbocycles. The van der Waals surface area contributed by atoms with Gasteiger partial charge in [0.1, 0.15) is 0 Å². The molecule has 0 radical (unpaired) electrons. The summed E-state index contributed by atoms with van der Waals surface area (Å²) in [5, 5.41) is 0. The molecular weight excluding hydrogens is 977 g/mol. The summed E-state index contributed by atoms with van der Waals surface area (Å²) in [6, 6.07) is 62.1. The lowest BCUT2D eigenvalue weighted by Crippen LogP contribution is -2.27. The first-order valence-corrected chi connectivity index (χ1v) is 32.8. The molecule has 1 aliphatic carbocycles. The highest BCUT2D eigenvalue weighted by atomic mass is 15.2. The van der Waals surface area contributed by atoms with E-state index >= 15 is 0 Å².